The predicted molar refractivity (Wildman–Crippen MR) is 59.1 cm³/mol. The average molecular weight is 193 g/mol. The fraction of sp³-hybridized carbons (Fsp3) is 0.500. The fourth-order valence-electron chi connectivity index (χ4n) is 1.41. The second-order valence-corrected chi connectivity index (χ2v) is 4.15. The van der Waals surface area contributed by atoms with E-state index < -0.39 is 5.60 Å². The molecule has 1 aromatic rings. The van der Waals surface area contributed by atoms with Gasteiger partial charge in [0.15, 0.2) is 0 Å². The number of aryl methyl sites for hydroxylation is 1. The van der Waals surface area contributed by atoms with E-state index in [0.29, 0.717) is 6.54 Å². The second kappa shape index (κ2) is 4.58. The third-order valence-corrected chi connectivity index (χ3v) is 2.30. The van der Waals surface area contributed by atoms with Crippen molar-refractivity contribution in [2.45, 2.75) is 32.3 Å². The molecule has 0 atom stereocenters. The van der Waals surface area contributed by atoms with Crippen LogP contribution in [-0.2, 0) is 12.0 Å². The highest BCUT2D eigenvalue weighted by Crippen LogP contribution is 2.20. The van der Waals surface area contributed by atoms with Crippen molar-refractivity contribution < 1.29 is 5.11 Å². The van der Waals surface area contributed by atoms with E-state index in [-0.39, 0.29) is 0 Å². The quantitative estimate of drug-likeness (QED) is 0.766. The van der Waals surface area contributed by atoms with E-state index in [1.54, 1.807) is 13.8 Å². The van der Waals surface area contributed by atoms with Crippen LogP contribution >= 0.6 is 0 Å². The molecule has 0 heterocycles. The average Bonchev–Trinajstić information content (AvgIpc) is 2.14. The maximum Gasteiger partial charge on any atom is 0.0840 e. The van der Waals surface area contributed by atoms with E-state index in [1.807, 2.05) is 12.1 Å². The summed E-state index contributed by atoms with van der Waals surface area (Å²) in [6.45, 7) is 4.32. The number of rotatable bonds is 4. The molecule has 0 amide bonds. The Kier molecular flexibility index (Phi) is 3.67. The molecule has 3 N–H and O–H groups in total. The normalized spacial score (nSPS) is 11.7. The fourth-order valence-corrected chi connectivity index (χ4v) is 1.41. The molecule has 0 aliphatic heterocycles. The van der Waals surface area contributed by atoms with Crippen LogP contribution in [0.1, 0.15) is 31.4 Å². The third kappa shape index (κ3) is 3.13. The monoisotopic (exact) mass is 193 g/mol. The van der Waals surface area contributed by atoms with Gasteiger partial charge in [-0.2, -0.15) is 0 Å². The number of aliphatic hydroxyl groups is 1. The molecule has 0 bridgehead atoms. The molecule has 2 heteroatoms. The maximum absolute atomic E-state index is 9.81. The predicted octanol–water partition coefficient (Wildman–Crippen LogP) is 1.81. The lowest BCUT2D eigenvalue weighted by molar-refractivity contribution is 0.0785. The number of benzene rings is 1. The van der Waals surface area contributed by atoms with Gasteiger partial charge in [-0.1, -0.05) is 24.3 Å². The maximum atomic E-state index is 9.81. The molecule has 0 spiro atoms. The van der Waals surface area contributed by atoms with Crippen LogP contribution in [0.25, 0.3) is 0 Å². The van der Waals surface area contributed by atoms with Crippen molar-refractivity contribution in [2.24, 2.45) is 5.73 Å². The van der Waals surface area contributed by atoms with Crippen molar-refractivity contribution >= 4 is 0 Å². The van der Waals surface area contributed by atoms with Gasteiger partial charge < -0.3 is 10.8 Å². The van der Waals surface area contributed by atoms with Crippen LogP contribution in [0.2, 0.25) is 0 Å². The summed E-state index contributed by atoms with van der Waals surface area (Å²) in [4.78, 5) is 0. The van der Waals surface area contributed by atoms with Crippen molar-refractivity contribution in [3.8, 4) is 0 Å². The minimum absolute atomic E-state index is 0.715. The topological polar surface area (TPSA) is 46.2 Å². The first kappa shape index (κ1) is 11.2. The summed E-state index contributed by atoms with van der Waals surface area (Å²) in [6.07, 6.45) is 1.98. The minimum Gasteiger partial charge on any atom is -0.386 e. The van der Waals surface area contributed by atoms with Crippen LogP contribution in [0, 0.1) is 0 Å². The molecule has 0 unspecified atom stereocenters. The first-order valence-electron chi connectivity index (χ1n) is 5.06. The van der Waals surface area contributed by atoms with Gasteiger partial charge in [0.1, 0.15) is 0 Å². The van der Waals surface area contributed by atoms with Gasteiger partial charge >= 0.3 is 0 Å². The zero-order chi connectivity index (χ0) is 10.6. The molecule has 0 saturated carbocycles. The highest BCUT2D eigenvalue weighted by Gasteiger charge is 2.15. The molecular weight excluding hydrogens is 174 g/mol. The summed E-state index contributed by atoms with van der Waals surface area (Å²) in [5, 5.41) is 9.81. The van der Waals surface area contributed by atoms with E-state index in [2.05, 4.69) is 12.1 Å². The Hall–Kier alpha value is -0.860. The van der Waals surface area contributed by atoms with Gasteiger partial charge in [-0.05, 0) is 44.4 Å². The smallest absolute Gasteiger partial charge is 0.0840 e. The summed E-state index contributed by atoms with van der Waals surface area (Å²) < 4.78 is 0. The lowest BCUT2D eigenvalue weighted by Crippen LogP contribution is -2.15. The highest BCUT2D eigenvalue weighted by molar-refractivity contribution is 5.27. The summed E-state index contributed by atoms with van der Waals surface area (Å²) in [5.41, 5.74) is 6.91. The van der Waals surface area contributed by atoms with E-state index in [0.717, 1.165) is 18.4 Å². The number of hydrogen-bond donors (Lipinski definition) is 2. The van der Waals surface area contributed by atoms with Gasteiger partial charge in [0.2, 0.25) is 0 Å². The van der Waals surface area contributed by atoms with E-state index in [4.69, 9.17) is 5.73 Å². The summed E-state index contributed by atoms with van der Waals surface area (Å²) in [5.74, 6) is 0. The molecule has 14 heavy (non-hydrogen) atoms. The SMILES string of the molecule is CC(C)(O)c1cccc(CCCN)c1. The van der Waals surface area contributed by atoms with Crippen molar-refractivity contribution in [1.82, 2.24) is 0 Å². The molecule has 78 valence electrons. The van der Waals surface area contributed by atoms with Gasteiger partial charge in [0.25, 0.3) is 0 Å². The molecule has 0 saturated heterocycles. The number of nitrogens with two attached hydrogens (primary N) is 1. The van der Waals surface area contributed by atoms with Gasteiger partial charge in [0.05, 0.1) is 5.60 Å². The Balaban J connectivity index is 2.79. The summed E-state index contributed by atoms with van der Waals surface area (Å²) in [7, 11) is 0. The Morgan fingerprint density at radius 2 is 2.07 bits per heavy atom. The molecular formula is C12H19NO. The summed E-state index contributed by atoms with van der Waals surface area (Å²) >= 11 is 0. The second-order valence-electron chi connectivity index (χ2n) is 4.15. The van der Waals surface area contributed by atoms with Crippen LogP contribution in [0.4, 0.5) is 0 Å². The van der Waals surface area contributed by atoms with Crippen molar-refractivity contribution in [3.05, 3.63) is 35.4 Å². The van der Waals surface area contributed by atoms with Crippen LogP contribution < -0.4 is 5.73 Å². The highest BCUT2D eigenvalue weighted by atomic mass is 16.3. The van der Waals surface area contributed by atoms with Crippen LogP contribution in [0.15, 0.2) is 24.3 Å². The minimum atomic E-state index is -0.751. The molecule has 1 aromatic carbocycles. The Labute approximate surface area is 85.8 Å². The van der Waals surface area contributed by atoms with Crippen LogP contribution in [0.5, 0.6) is 0 Å². The standard InChI is InChI=1S/C12H19NO/c1-12(2,14)11-7-3-5-10(9-11)6-4-8-13/h3,5,7,9,14H,4,6,8,13H2,1-2H3. The first-order chi connectivity index (χ1) is 6.54. The van der Waals surface area contributed by atoms with E-state index >= 15 is 0 Å². The molecule has 0 aliphatic rings. The molecule has 0 radical (unpaired) electrons. The van der Waals surface area contributed by atoms with Crippen molar-refractivity contribution in [2.75, 3.05) is 6.54 Å². The lowest BCUT2D eigenvalue weighted by atomic mass is 9.95. The van der Waals surface area contributed by atoms with Gasteiger partial charge in [-0.15, -0.1) is 0 Å². The van der Waals surface area contributed by atoms with E-state index in [9.17, 15) is 5.11 Å². The Bertz CT molecular complexity index is 289. The Morgan fingerprint density at radius 3 is 2.64 bits per heavy atom. The number of hydrogen-bond acceptors (Lipinski definition) is 2. The first-order valence-corrected chi connectivity index (χ1v) is 5.06. The molecule has 0 aliphatic carbocycles. The molecule has 2 nitrogen and oxygen atoms in total. The van der Waals surface area contributed by atoms with Gasteiger partial charge in [-0.25, -0.2) is 0 Å². The van der Waals surface area contributed by atoms with Crippen molar-refractivity contribution in [1.29, 1.82) is 0 Å². The van der Waals surface area contributed by atoms with Gasteiger partial charge in [0, 0.05) is 0 Å². The van der Waals surface area contributed by atoms with Crippen LogP contribution in [0.3, 0.4) is 0 Å². The van der Waals surface area contributed by atoms with Gasteiger partial charge in [-0.3, -0.25) is 0 Å². The van der Waals surface area contributed by atoms with Crippen molar-refractivity contribution in [3.63, 3.8) is 0 Å². The molecule has 0 fully saturated rings. The largest absolute Gasteiger partial charge is 0.386 e. The summed E-state index contributed by atoms with van der Waals surface area (Å²) in [6, 6.07) is 8.06. The van der Waals surface area contributed by atoms with Crippen LogP contribution in [-0.4, -0.2) is 11.7 Å². The third-order valence-electron chi connectivity index (χ3n) is 2.30. The zero-order valence-electron chi connectivity index (χ0n) is 8.96. The Morgan fingerprint density at radius 1 is 1.36 bits per heavy atom. The molecule has 1 rings (SSSR count). The zero-order valence-corrected chi connectivity index (χ0v) is 8.96. The lowest BCUT2D eigenvalue weighted by Gasteiger charge is -2.18. The molecule has 0 aromatic heterocycles. The van der Waals surface area contributed by atoms with E-state index in [1.165, 1.54) is 5.56 Å².